The minimum Gasteiger partial charge on any atom is -0.497 e. The molecule has 37 heavy (non-hydrogen) atoms. The maximum absolute atomic E-state index is 13.2. The molecule has 0 saturated heterocycles. The molecule has 4 rings (SSSR count). The zero-order valence-corrected chi connectivity index (χ0v) is 23.0. The molecule has 3 amide bonds. The fraction of sp³-hybridized carbons (Fsp3) is 0.179. The van der Waals surface area contributed by atoms with Gasteiger partial charge in [-0.3, -0.25) is 19.3 Å². The fourth-order valence-electron chi connectivity index (χ4n) is 3.66. The van der Waals surface area contributed by atoms with Gasteiger partial charge in [0.25, 0.3) is 17.7 Å². The number of nitrogens with one attached hydrogen (secondary N) is 2. The second-order valence-corrected chi connectivity index (χ2v) is 10.8. The zero-order valence-electron chi connectivity index (χ0n) is 20.6. The third-order valence-corrected chi connectivity index (χ3v) is 7.07. The van der Waals surface area contributed by atoms with E-state index in [0.717, 1.165) is 9.37 Å². The van der Waals surface area contributed by atoms with Crippen molar-refractivity contribution in [3.8, 4) is 5.75 Å². The summed E-state index contributed by atoms with van der Waals surface area (Å²) < 4.78 is 6.09. The van der Waals surface area contributed by atoms with Gasteiger partial charge in [-0.15, -0.1) is 0 Å². The van der Waals surface area contributed by atoms with Crippen LogP contribution in [0.1, 0.15) is 24.2 Å². The number of nitrogens with zero attached hydrogens (tertiary/aromatic N) is 1. The first kappa shape index (κ1) is 26.5. The first-order chi connectivity index (χ1) is 17.7. The smallest absolute Gasteiger partial charge is 0.278 e. The van der Waals surface area contributed by atoms with Gasteiger partial charge in [-0.25, -0.2) is 0 Å². The summed E-state index contributed by atoms with van der Waals surface area (Å²) in [6.07, 6.45) is 0. The third kappa shape index (κ3) is 6.42. The molecule has 0 atom stereocenters. The lowest BCUT2D eigenvalue weighted by molar-refractivity contribution is -0.137. The number of carbonyl (C=O) groups is 3. The van der Waals surface area contributed by atoms with Crippen molar-refractivity contribution < 1.29 is 19.1 Å². The number of hydrogen-bond donors (Lipinski definition) is 2. The fourth-order valence-corrected chi connectivity index (χ4v) is 4.87. The number of imide groups is 1. The molecule has 0 fully saturated rings. The summed E-state index contributed by atoms with van der Waals surface area (Å²) in [6, 6.07) is 21.4. The highest BCUT2D eigenvalue weighted by Crippen LogP contribution is 2.36. The number of carbonyl (C=O) groups excluding carboxylic acids is 3. The van der Waals surface area contributed by atoms with Crippen LogP contribution in [0.4, 0.5) is 11.4 Å². The molecule has 3 aromatic rings. The maximum Gasteiger partial charge on any atom is 0.278 e. The van der Waals surface area contributed by atoms with E-state index in [2.05, 4.69) is 26.6 Å². The van der Waals surface area contributed by atoms with Gasteiger partial charge in [0.15, 0.2) is 0 Å². The van der Waals surface area contributed by atoms with E-state index >= 15 is 0 Å². The summed E-state index contributed by atoms with van der Waals surface area (Å²) in [5, 5.41) is 6.01. The Morgan fingerprint density at radius 1 is 0.973 bits per heavy atom. The summed E-state index contributed by atoms with van der Waals surface area (Å²) in [4.78, 5) is 41.4. The summed E-state index contributed by atoms with van der Waals surface area (Å²) in [7, 11) is 1.55. The average molecular weight is 581 g/mol. The van der Waals surface area contributed by atoms with E-state index in [0.29, 0.717) is 34.1 Å². The first-order valence-corrected chi connectivity index (χ1v) is 13.2. The molecule has 0 bridgehead atoms. The third-order valence-electron chi connectivity index (χ3n) is 5.45. The molecule has 190 valence electrons. The molecule has 0 unspecified atom stereocenters. The lowest BCUT2D eigenvalue weighted by atomic mass is 10.2. The summed E-state index contributed by atoms with van der Waals surface area (Å²) >= 11 is 4.63. The van der Waals surface area contributed by atoms with Crippen molar-refractivity contribution in [2.75, 3.05) is 24.3 Å². The predicted molar refractivity (Wildman–Crippen MR) is 150 cm³/mol. The van der Waals surface area contributed by atoms with Gasteiger partial charge < -0.3 is 15.4 Å². The lowest BCUT2D eigenvalue weighted by Gasteiger charge is -2.17. The van der Waals surface area contributed by atoms with Crippen LogP contribution in [0.3, 0.4) is 0 Å². The molecule has 0 aliphatic carbocycles. The minimum absolute atomic E-state index is 0.138. The second-order valence-electron chi connectivity index (χ2n) is 8.76. The number of rotatable bonds is 9. The Labute approximate surface area is 228 Å². The molecule has 9 heteroatoms. The van der Waals surface area contributed by atoms with E-state index in [4.69, 9.17) is 4.74 Å². The van der Waals surface area contributed by atoms with Crippen LogP contribution in [-0.4, -0.2) is 36.3 Å². The Kier molecular flexibility index (Phi) is 8.35. The van der Waals surface area contributed by atoms with E-state index in [1.807, 2.05) is 38.1 Å². The summed E-state index contributed by atoms with van der Waals surface area (Å²) in [5.41, 5.74) is 2.05. The summed E-state index contributed by atoms with van der Waals surface area (Å²) in [5.74, 6) is -0.185. The Balaban J connectivity index is 1.54. The Bertz CT molecular complexity index is 1350. The number of hydrogen-bond acceptors (Lipinski definition) is 6. The molecule has 7 nitrogen and oxygen atoms in total. The number of benzene rings is 3. The van der Waals surface area contributed by atoms with E-state index < -0.39 is 0 Å². The molecular formula is C28H26BrN3O4S. The largest absolute Gasteiger partial charge is 0.497 e. The average Bonchev–Trinajstić information content (AvgIpc) is 3.10. The first-order valence-electron chi connectivity index (χ1n) is 11.6. The lowest BCUT2D eigenvalue weighted by Crippen LogP contribution is -2.35. The Morgan fingerprint density at radius 3 is 2.30 bits per heavy atom. The van der Waals surface area contributed by atoms with Crippen molar-refractivity contribution in [2.45, 2.75) is 18.7 Å². The van der Waals surface area contributed by atoms with Crippen LogP contribution >= 0.6 is 27.7 Å². The number of anilines is 2. The van der Waals surface area contributed by atoms with Crippen LogP contribution in [0.2, 0.25) is 0 Å². The van der Waals surface area contributed by atoms with Crippen molar-refractivity contribution in [1.82, 2.24) is 4.90 Å². The molecule has 3 aromatic carbocycles. The van der Waals surface area contributed by atoms with E-state index in [1.54, 1.807) is 55.6 Å². The predicted octanol–water partition coefficient (Wildman–Crippen LogP) is 6.15. The molecular weight excluding hydrogens is 554 g/mol. The monoisotopic (exact) mass is 579 g/mol. The molecule has 1 heterocycles. The van der Waals surface area contributed by atoms with Gasteiger partial charge in [-0.1, -0.05) is 47.6 Å². The quantitative estimate of drug-likeness (QED) is 0.295. The second kappa shape index (κ2) is 11.7. The van der Waals surface area contributed by atoms with Gasteiger partial charge in [-0.2, -0.15) is 0 Å². The molecule has 0 saturated carbocycles. The van der Waals surface area contributed by atoms with Crippen LogP contribution < -0.4 is 15.4 Å². The maximum atomic E-state index is 13.2. The van der Waals surface area contributed by atoms with Gasteiger partial charge in [0, 0.05) is 32.9 Å². The van der Waals surface area contributed by atoms with Gasteiger partial charge in [0.1, 0.15) is 16.4 Å². The molecule has 0 spiro atoms. The van der Waals surface area contributed by atoms with Crippen LogP contribution in [0.15, 0.2) is 92.8 Å². The van der Waals surface area contributed by atoms with Crippen molar-refractivity contribution in [3.05, 3.63) is 93.4 Å². The van der Waals surface area contributed by atoms with Crippen LogP contribution in [0.5, 0.6) is 5.75 Å². The molecule has 2 N–H and O–H groups in total. The zero-order chi connectivity index (χ0) is 26.5. The topological polar surface area (TPSA) is 87.7 Å². The van der Waals surface area contributed by atoms with Crippen molar-refractivity contribution in [3.63, 3.8) is 0 Å². The highest BCUT2D eigenvalue weighted by atomic mass is 79.9. The van der Waals surface area contributed by atoms with Crippen molar-refractivity contribution in [1.29, 1.82) is 0 Å². The number of thioether (sulfide) groups is 1. The molecule has 1 aliphatic heterocycles. The van der Waals surface area contributed by atoms with Crippen molar-refractivity contribution >= 4 is 56.8 Å². The molecule has 0 aromatic heterocycles. The van der Waals surface area contributed by atoms with Gasteiger partial charge in [-0.05, 0) is 72.6 Å². The molecule has 0 radical (unpaired) electrons. The normalized spacial score (nSPS) is 13.4. The Hall–Kier alpha value is -3.56. The number of amides is 3. The highest BCUT2D eigenvalue weighted by Gasteiger charge is 2.39. The SMILES string of the molecule is COc1cccc(C(=O)Nc2ccc(SC3=C(Nc4ccc(Br)cc4)C(=O)N(CC(C)C)C3=O)cc2)c1. The van der Waals surface area contributed by atoms with Gasteiger partial charge >= 0.3 is 0 Å². The highest BCUT2D eigenvalue weighted by molar-refractivity contribution is 9.10. The number of ether oxygens (including phenoxy) is 1. The van der Waals surface area contributed by atoms with Gasteiger partial charge in [0.05, 0.1) is 7.11 Å². The van der Waals surface area contributed by atoms with E-state index in [-0.39, 0.29) is 29.3 Å². The van der Waals surface area contributed by atoms with Crippen LogP contribution in [0, 0.1) is 5.92 Å². The van der Waals surface area contributed by atoms with Gasteiger partial charge in [0.2, 0.25) is 0 Å². The standard InChI is InChI=1S/C28H26BrN3O4S/c1-17(2)16-32-27(34)24(30-20-9-7-19(29)8-10-20)25(28(32)35)37-23-13-11-21(12-14-23)31-26(33)18-5-4-6-22(15-18)36-3/h4-15,17,30H,16H2,1-3H3,(H,31,33). The summed E-state index contributed by atoms with van der Waals surface area (Å²) in [6.45, 7) is 4.26. The number of methoxy groups -OCH3 is 1. The molecule has 1 aliphatic rings. The van der Waals surface area contributed by atoms with E-state index in [9.17, 15) is 14.4 Å². The van der Waals surface area contributed by atoms with Crippen LogP contribution in [0.25, 0.3) is 0 Å². The minimum atomic E-state index is -0.341. The van der Waals surface area contributed by atoms with E-state index in [1.165, 1.54) is 16.7 Å². The number of halogens is 1. The Morgan fingerprint density at radius 2 is 1.65 bits per heavy atom. The van der Waals surface area contributed by atoms with Crippen molar-refractivity contribution in [2.24, 2.45) is 5.92 Å². The van der Waals surface area contributed by atoms with Crippen LogP contribution in [-0.2, 0) is 9.59 Å².